The van der Waals surface area contributed by atoms with Gasteiger partial charge in [-0.25, -0.2) is 9.97 Å². The summed E-state index contributed by atoms with van der Waals surface area (Å²) in [6, 6.07) is 7.98. The molecule has 8 nitrogen and oxygen atoms in total. The number of aromatic nitrogens is 3. The molecule has 1 aromatic carbocycles. The van der Waals surface area contributed by atoms with E-state index in [0.29, 0.717) is 30.8 Å². The normalized spacial score (nSPS) is 18.2. The third kappa shape index (κ3) is 3.84. The van der Waals surface area contributed by atoms with Gasteiger partial charge in [0.25, 0.3) is 0 Å². The zero-order valence-corrected chi connectivity index (χ0v) is 16.5. The molecule has 0 aliphatic heterocycles. The van der Waals surface area contributed by atoms with Crippen molar-refractivity contribution in [2.75, 3.05) is 18.9 Å². The molecule has 1 saturated carbocycles. The molecule has 1 aliphatic carbocycles. The van der Waals surface area contributed by atoms with Gasteiger partial charge in [-0.15, -0.1) is 0 Å². The van der Waals surface area contributed by atoms with Gasteiger partial charge in [0.15, 0.2) is 0 Å². The predicted molar refractivity (Wildman–Crippen MR) is 113 cm³/mol. The van der Waals surface area contributed by atoms with Gasteiger partial charge in [-0.3, -0.25) is 4.40 Å². The van der Waals surface area contributed by atoms with Gasteiger partial charge in [-0.05, 0) is 42.8 Å². The van der Waals surface area contributed by atoms with Crippen LogP contribution >= 0.6 is 0 Å². The van der Waals surface area contributed by atoms with Crippen LogP contribution in [0.4, 0.5) is 5.82 Å². The molecule has 1 aliphatic rings. The van der Waals surface area contributed by atoms with E-state index < -0.39 is 0 Å². The van der Waals surface area contributed by atoms with Crippen LogP contribution in [0.15, 0.2) is 41.8 Å². The van der Waals surface area contributed by atoms with Gasteiger partial charge in [-0.1, -0.05) is 30.6 Å². The fraction of sp³-hybridized carbons (Fsp3) is 0.429. The Labute approximate surface area is 169 Å². The summed E-state index contributed by atoms with van der Waals surface area (Å²) < 4.78 is 7.92. The average molecular weight is 391 g/mol. The standard InChI is InChI=1S/C21H25N7O/c1-2-3-9-29-17-6-4-5-15(12-17)18-19-20(22)24-7-8-28(19)21(26-18)16-10-14(11-16)13-25-27-23/h4-8,12,14,16H,2-3,9-11,13H2,1H3,(H2,22,24). The van der Waals surface area contributed by atoms with Gasteiger partial charge in [0, 0.05) is 35.3 Å². The highest BCUT2D eigenvalue weighted by Crippen LogP contribution is 2.43. The molecule has 0 atom stereocenters. The second-order valence-corrected chi connectivity index (χ2v) is 7.53. The number of ether oxygens (including phenoxy) is 1. The number of azide groups is 1. The molecular weight excluding hydrogens is 366 g/mol. The van der Waals surface area contributed by atoms with E-state index in [-0.39, 0.29) is 0 Å². The maximum Gasteiger partial charge on any atom is 0.150 e. The zero-order chi connectivity index (χ0) is 20.2. The number of nitrogens with zero attached hydrogens (tertiary/aromatic N) is 6. The van der Waals surface area contributed by atoms with Crippen molar-refractivity contribution >= 4 is 11.3 Å². The summed E-state index contributed by atoms with van der Waals surface area (Å²) in [5.74, 6) is 3.02. The van der Waals surface area contributed by atoms with Gasteiger partial charge in [0.05, 0.1) is 6.61 Å². The molecule has 3 aromatic rings. The van der Waals surface area contributed by atoms with Crippen molar-refractivity contribution in [1.82, 2.24) is 14.4 Å². The first-order valence-electron chi connectivity index (χ1n) is 10.1. The van der Waals surface area contributed by atoms with E-state index in [4.69, 9.17) is 21.0 Å². The topological polar surface area (TPSA) is 114 Å². The third-order valence-corrected chi connectivity index (χ3v) is 5.49. The Balaban J connectivity index is 1.67. The molecule has 4 rings (SSSR count). The first-order chi connectivity index (χ1) is 14.2. The molecule has 0 spiro atoms. The van der Waals surface area contributed by atoms with E-state index in [1.807, 2.05) is 30.5 Å². The summed E-state index contributed by atoms with van der Waals surface area (Å²) in [7, 11) is 0. The van der Waals surface area contributed by atoms with Gasteiger partial charge in [0.2, 0.25) is 0 Å². The van der Waals surface area contributed by atoms with Gasteiger partial charge in [-0.2, -0.15) is 0 Å². The largest absolute Gasteiger partial charge is 0.494 e. The molecular formula is C21H25N7O. The minimum Gasteiger partial charge on any atom is -0.494 e. The molecule has 0 unspecified atom stereocenters. The van der Waals surface area contributed by atoms with Crippen LogP contribution in [0.5, 0.6) is 5.75 Å². The summed E-state index contributed by atoms with van der Waals surface area (Å²) >= 11 is 0. The van der Waals surface area contributed by atoms with Crippen LogP contribution in [0.1, 0.15) is 44.3 Å². The second-order valence-electron chi connectivity index (χ2n) is 7.53. The first kappa shape index (κ1) is 19.1. The molecule has 2 aromatic heterocycles. The van der Waals surface area contributed by atoms with Crippen LogP contribution < -0.4 is 10.5 Å². The van der Waals surface area contributed by atoms with E-state index in [9.17, 15) is 0 Å². The summed E-state index contributed by atoms with van der Waals surface area (Å²) in [5, 5.41) is 3.70. The van der Waals surface area contributed by atoms with Crippen molar-refractivity contribution in [1.29, 1.82) is 0 Å². The highest BCUT2D eigenvalue weighted by Gasteiger charge is 2.33. The molecule has 150 valence electrons. The SMILES string of the molecule is CCCCOc1cccc(-c2nc(C3CC(CN=[N+]=[N-])C3)n3ccnc(N)c23)c1. The molecule has 0 bridgehead atoms. The minimum atomic E-state index is 0.320. The van der Waals surface area contributed by atoms with E-state index in [0.717, 1.165) is 54.0 Å². The first-order valence-corrected chi connectivity index (χ1v) is 10.1. The Kier molecular flexibility index (Phi) is 5.53. The number of hydrogen-bond donors (Lipinski definition) is 1. The number of benzene rings is 1. The molecule has 1 fully saturated rings. The Morgan fingerprint density at radius 3 is 3.03 bits per heavy atom. The van der Waals surface area contributed by atoms with Crippen molar-refractivity contribution in [2.45, 2.75) is 38.5 Å². The van der Waals surface area contributed by atoms with E-state index in [2.05, 4.69) is 26.3 Å². The van der Waals surface area contributed by atoms with Crippen molar-refractivity contribution < 1.29 is 4.74 Å². The number of nitrogen functional groups attached to an aromatic ring is 1. The van der Waals surface area contributed by atoms with E-state index in [1.165, 1.54) is 0 Å². The monoisotopic (exact) mass is 391 g/mol. The van der Waals surface area contributed by atoms with Crippen LogP contribution in [-0.4, -0.2) is 27.5 Å². The number of nitrogens with two attached hydrogens (primary N) is 1. The zero-order valence-electron chi connectivity index (χ0n) is 16.5. The molecule has 2 N–H and O–H groups in total. The number of rotatable bonds is 8. The molecule has 0 saturated heterocycles. The molecule has 8 heteroatoms. The Morgan fingerprint density at radius 2 is 2.24 bits per heavy atom. The van der Waals surface area contributed by atoms with Gasteiger partial charge < -0.3 is 10.5 Å². The van der Waals surface area contributed by atoms with Crippen molar-refractivity contribution in [3.05, 3.63) is 52.9 Å². The summed E-state index contributed by atoms with van der Waals surface area (Å²) in [4.78, 5) is 12.1. The fourth-order valence-corrected chi connectivity index (χ4v) is 3.89. The minimum absolute atomic E-state index is 0.320. The smallest absolute Gasteiger partial charge is 0.150 e. The lowest BCUT2D eigenvalue weighted by Crippen LogP contribution is -2.25. The number of imidazole rings is 1. The van der Waals surface area contributed by atoms with E-state index in [1.54, 1.807) is 6.20 Å². The third-order valence-electron chi connectivity index (χ3n) is 5.49. The number of fused-ring (bicyclic) bond motifs is 1. The van der Waals surface area contributed by atoms with Crippen LogP contribution in [0.25, 0.3) is 27.2 Å². The van der Waals surface area contributed by atoms with Crippen molar-refractivity contribution in [3.63, 3.8) is 0 Å². The average Bonchev–Trinajstić information content (AvgIpc) is 3.08. The van der Waals surface area contributed by atoms with Crippen LogP contribution in [-0.2, 0) is 0 Å². The number of hydrogen-bond acceptors (Lipinski definition) is 5. The predicted octanol–water partition coefficient (Wildman–Crippen LogP) is 4.96. The van der Waals surface area contributed by atoms with Crippen LogP contribution in [0.2, 0.25) is 0 Å². The molecule has 2 heterocycles. The quantitative estimate of drug-likeness (QED) is 0.253. The summed E-state index contributed by atoms with van der Waals surface area (Å²) in [6.07, 6.45) is 7.66. The molecule has 0 radical (unpaired) electrons. The maximum atomic E-state index is 8.52. The highest BCUT2D eigenvalue weighted by molar-refractivity contribution is 5.85. The summed E-state index contributed by atoms with van der Waals surface area (Å²) in [5.41, 5.74) is 17.4. The lowest BCUT2D eigenvalue weighted by Gasteiger charge is -2.33. The summed E-state index contributed by atoms with van der Waals surface area (Å²) in [6.45, 7) is 3.39. The van der Waals surface area contributed by atoms with Crippen molar-refractivity contribution in [2.24, 2.45) is 11.0 Å². The van der Waals surface area contributed by atoms with Gasteiger partial charge in [0.1, 0.15) is 28.6 Å². The Morgan fingerprint density at radius 1 is 1.38 bits per heavy atom. The lowest BCUT2D eigenvalue weighted by atomic mass is 9.74. The Hall–Kier alpha value is -3.25. The number of unbranched alkanes of at least 4 members (excludes halogenated alkanes) is 1. The second kappa shape index (κ2) is 8.41. The van der Waals surface area contributed by atoms with Crippen molar-refractivity contribution in [3.8, 4) is 17.0 Å². The number of anilines is 1. The van der Waals surface area contributed by atoms with E-state index >= 15 is 0 Å². The van der Waals surface area contributed by atoms with Gasteiger partial charge >= 0.3 is 0 Å². The lowest BCUT2D eigenvalue weighted by molar-refractivity contribution is 0.262. The highest BCUT2D eigenvalue weighted by atomic mass is 16.5. The Bertz CT molecular complexity index is 1050. The fourth-order valence-electron chi connectivity index (χ4n) is 3.89. The molecule has 0 amide bonds. The maximum absolute atomic E-state index is 8.52. The van der Waals surface area contributed by atoms with Crippen LogP contribution in [0.3, 0.4) is 0 Å². The molecule has 29 heavy (non-hydrogen) atoms. The van der Waals surface area contributed by atoms with Crippen LogP contribution in [0, 0.1) is 5.92 Å².